The third kappa shape index (κ3) is 2.33. The molecule has 0 aliphatic rings. The van der Waals surface area contributed by atoms with Crippen LogP contribution in [0.15, 0.2) is 6.33 Å². The van der Waals surface area contributed by atoms with E-state index in [1.54, 1.807) is 0 Å². The molecule has 0 aliphatic carbocycles. The van der Waals surface area contributed by atoms with E-state index in [0.717, 1.165) is 0 Å². The second-order valence-corrected chi connectivity index (χ2v) is 5.30. The second-order valence-electron chi connectivity index (χ2n) is 4.38. The van der Waals surface area contributed by atoms with E-state index in [2.05, 4.69) is 37.9 Å². The molecule has 2 aromatic rings. The average Bonchev–Trinajstić information content (AvgIpc) is 2.59. The maximum Gasteiger partial charge on any atom is 0.289 e. The first kappa shape index (κ1) is 12.1. The summed E-state index contributed by atoms with van der Waals surface area (Å²) in [7, 11) is 0. The van der Waals surface area contributed by atoms with E-state index >= 15 is 0 Å². The van der Waals surface area contributed by atoms with Gasteiger partial charge in [0.1, 0.15) is 11.8 Å². The van der Waals surface area contributed by atoms with Gasteiger partial charge in [-0.25, -0.2) is 9.97 Å². The van der Waals surface area contributed by atoms with E-state index < -0.39 is 10.9 Å². The zero-order valence-electron chi connectivity index (χ0n) is 9.82. The lowest BCUT2D eigenvalue weighted by Gasteiger charge is -2.29. The Bertz CT molecular complexity index is 536. The van der Waals surface area contributed by atoms with Crippen LogP contribution in [-0.4, -0.2) is 24.8 Å². The number of nitrogens with one attached hydrogen (secondary N) is 2. The lowest BCUT2D eigenvalue weighted by molar-refractivity contribution is 0.518. The monoisotopic (exact) mass is 255 g/mol. The van der Waals surface area contributed by atoms with Crippen molar-refractivity contribution in [2.24, 2.45) is 5.92 Å². The van der Waals surface area contributed by atoms with E-state index in [-0.39, 0.29) is 5.92 Å². The molecule has 0 saturated heterocycles. The summed E-state index contributed by atoms with van der Waals surface area (Å²) in [6.45, 7) is 6.00. The average molecular weight is 255 g/mol. The molecule has 0 bridgehead atoms. The van der Waals surface area contributed by atoms with Crippen molar-refractivity contribution in [3.8, 4) is 0 Å². The van der Waals surface area contributed by atoms with Crippen LogP contribution < -0.4 is 5.32 Å². The van der Waals surface area contributed by atoms with E-state index in [9.17, 15) is 4.39 Å². The minimum Gasteiger partial charge on any atom is -0.354 e. The fraction of sp³-hybridized carbons (Fsp3) is 0.500. The van der Waals surface area contributed by atoms with Gasteiger partial charge in [-0.3, -0.25) is 0 Å². The summed E-state index contributed by atoms with van der Waals surface area (Å²) in [6.07, 6.45) is 0.670. The fourth-order valence-corrected chi connectivity index (χ4v) is 1.38. The quantitative estimate of drug-likeness (QED) is 0.447. The Kier molecular flexibility index (Phi) is 2.94. The van der Waals surface area contributed by atoms with E-state index in [4.69, 9.17) is 0 Å². The number of anilines is 1. The molecular formula is C10H14FN5S. The van der Waals surface area contributed by atoms with Gasteiger partial charge in [0.2, 0.25) is 0 Å². The Hall–Kier alpha value is -1.37. The van der Waals surface area contributed by atoms with Crippen molar-refractivity contribution in [2.45, 2.75) is 25.6 Å². The number of thiol groups is 1. The molecule has 0 unspecified atom stereocenters. The highest BCUT2D eigenvalue weighted by molar-refractivity contribution is 7.81. The fourth-order valence-electron chi connectivity index (χ4n) is 1.28. The summed E-state index contributed by atoms with van der Waals surface area (Å²) >= 11 is 4.53. The molecule has 0 aromatic carbocycles. The molecule has 0 fully saturated rings. The Morgan fingerprint density at radius 2 is 2.18 bits per heavy atom. The zero-order chi connectivity index (χ0) is 12.6. The topological polar surface area (TPSA) is 66.5 Å². The van der Waals surface area contributed by atoms with Crippen LogP contribution in [0.25, 0.3) is 11.2 Å². The van der Waals surface area contributed by atoms with Gasteiger partial charge in [0, 0.05) is 0 Å². The first-order valence-electron chi connectivity index (χ1n) is 5.27. The van der Waals surface area contributed by atoms with Crippen LogP contribution in [0.3, 0.4) is 0 Å². The van der Waals surface area contributed by atoms with Crippen LogP contribution in [-0.2, 0) is 0 Å². The number of imidazole rings is 1. The molecule has 2 heterocycles. The van der Waals surface area contributed by atoms with E-state index in [1.165, 1.54) is 6.33 Å². The van der Waals surface area contributed by atoms with Crippen LogP contribution in [0, 0.1) is 12.0 Å². The normalized spacial score (nSPS) is 15.2. The van der Waals surface area contributed by atoms with Gasteiger partial charge >= 0.3 is 0 Å². The standard InChI is InChI=1S/C10H14FN5S/c1-5(2)10(3,17)16-8-6-7(12-4-13-8)15-9(11)14-6/h4-5,17H,1-3H3,(H2,12,13,14,15,16)/t10-/m1/s1. The summed E-state index contributed by atoms with van der Waals surface area (Å²) in [5.74, 6) is 0.765. The molecule has 2 rings (SSSR count). The number of hydrogen-bond acceptors (Lipinski definition) is 5. The van der Waals surface area contributed by atoms with Gasteiger partial charge in [0.25, 0.3) is 6.08 Å². The predicted octanol–water partition coefficient (Wildman–Crippen LogP) is 2.21. The van der Waals surface area contributed by atoms with Crippen molar-refractivity contribution in [2.75, 3.05) is 5.32 Å². The molecule has 0 aliphatic heterocycles. The van der Waals surface area contributed by atoms with Gasteiger partial charge < -0.3 is 10.3 Å². The van der Waals surface area contributed by atoms with Crippen molar-refractivity contribution < 1.29 is 4.39 Å². The number of aromatic amines is 1. The summed E-state index contributed by atoms with van der Waals surface area (Å²) in [5.41, 5.74) is 0.749. The van der Waals surface area contributed by atoms with Gasteiger partial charge in [-0.05, 0) is 12.8 Å². The third-order valence-electron chi connectivity index (χ3n) is 2.76. The largest absolute Gasteiger partial charge is 0.354 e. The molecule has 92 valence electrons. The summed E-state index contributed by atoms with van der Waals surface area (Å²) in [5, 5.41) is 3.15. The van der Waals surface area contributed by atoms with Crippen LogP contribution in [0.5, 0.6) is 0 Å². The van der Waals surface area contributed by atoms with Crippen LogP contribution in [0.2, 0.25) is 0 Å². The van der Waals surface area contributed by atoms with Crippen molar-refractivity contribution in [1.82, 2.24) is 19.9 Å². The molecule has 2 aromatic heterocycles. The van der Waals surface area contributed by atoms with Crippen molar-refractivity contribution in [3.05, 3.63) is 12.4 Å². The van der Waals surface area contributed by atoms with Gasteiger partial charge in [-0.15, -0.1) is 0 Å². The molecule has 0 saturated carbocycles. The highest BCUT2D eigenvalue weighted by Crippen LogP contribution is 2.27. The molecular weight excluding hydrogens is 241 g/mol. The number of hydrogen-bond donors (Lipinski definition) is 3. The minimum absolute atomic E-state index is 0.267. The number of aromatic nitrogens is 4. The van der Waals surface area contributed by atoms with Crippen LogP contribution >= 0.6 is 12.6 Å². The number of fused-ring (bicyclic) bond motifs is 1. The van der Waals surface area contributed by atoms with Gasteiger partial charge in [0.15, 0.2) is 11.5 Å². The Balaban J connectivity index is 2.42. The lowest BCUT2D eigenvalue weighted by atomic mass is 10.1. The summed E-state index contributed by atoms with van der Waals surface area (Å²) < 4.78 is 13.0. The van der Waals surface area contributed by atoms with Crippen LogP contribution in [0.1, 0.15) is 20.8 Å². The smallest absolute Gasteiger partial charge is 0.289 e. The molecule has 17 heavy (non-hydrogen) atoms. The van der Waals surface area contributed by atoms with Gasteiger partial charge in [0.05, 0.1) is 4.87 Å². The molecule has 1 atom stereocenters. The van der Waals surface area contributed by atoms with Gasteiger partial charge in [-0.2, -0.15) is 22.0 Å². The zero-order valence-corrected chi connectivity index (χ0v) is 10.7. The Morgan fingerprint density at radius 3 is 2.82 bits per heavy atom. The first-order valence-corrected chi connectivity index (χ1v) is 5.71. The molecule has 2 N–H and O–H groups in total. The maximum atomic E-state index is 13.0. The molecule has 0 spiro atoms. The second kappa shape index (κ2) is 4.14. The first-order chi connectivity index (χ1) is 7.90. The lowest BCUT2D eigenvalue weighted by Crippen LogP contribution is -2.34. The van der Waals surface area contributed by atoms with E-state index in [1.807, 2.05) is 20.8 Å². The SMILES string of the molecule is CC(C)[C@@](C)(S)Nc1ncnc2nc(F)[nH]c12. The minimum atomic E-state index is -0.672. The van der Waals surface area contributed by atoms with Crippen molar-refractivity contribution in [3.63, 3.8) is 0 Å². The maximum absolute atomic E-state index is 13.0. The predicted molar refractivity (Wildman–Crippen MR) is 67.5 cm³/mol. The number of halogens is 1. The Morgan fingerprint density at radius 1 is 1.47 bits per heavy atom. The summed E-state index contributed by atoms with van der Waals surface area (Å²) in [4.78, 5) is 13.6. The Labute approximate surface area is 104 Å². The van der Waals surface area contributed by atoms with Crippen molar-refractivity contribution >= 4 is 29.6 Å². The van der Waals surface area contributed by atoms with Crippen LogP contribution in [0.4, 0.5) is 10.2 Å². The van der Waals surface area contributed by atoms with Gasteiger partial charge in [-0.1, -0.05) is 13.8 Å². The summed E-state index contributed by atoms with van der Waals surface area (Å²) in [6, 6.07) is 0. The molecule has 0 radical (unpaired) electrons. The highest BCUT2D eigenvalue weighted by Gasteiger charge is 2.25. The third-order valence-corrected chi connectivity index (χ3v) is 3.38. The number of nitrogens with zero attached hydrogens (tertiary/aromatic N) is 3. The van der Waals surface area contributed by atoms with Crippen molar-refractivity contribution in [1.29, 1.82) is 0 Å². The molecule has 5 nitrogen and oxygen atoms in total. The molecule has 7 heteroatoms. The van der Waals surface area contributed by atoms with E-state index in [0.29, 0.717) is 17.0 Å². The number of rotatable bonds is 3. The molecule has 0 amide bonds. The highest BCUT2D eigenvalue weighted by atomic mass is 32.1. The number of H-pyrrole nitrogens is 1.